The fourth-order valence-corrected chi connectivity index (χ4v) is 13.0. The van der Waals surface area contributed by atoms with E-state index in [0.29, 0.717) is 18.4 Å². The third-order valence-electron chi connectivity index (χ3n) is 17.7. The van der Waals surface area contributed by atoms with E-state index < -0.39 is 235 Å². The van der Waals surface area contributed by atoms with Gasteiger partial charge < -0.3 is 117 Å². The molecule has 0 saturated carbocycles. The number of rotatable bonds is 43. The third-order valence-corrected chi connectivity index (χ3v) is 19.2. The molecule has 3 aliphatic rings. The van der Waals surface area contributed by atoms with Gasteiger partial charge in [0.1, 0.15) is 96.4 Å². The summed E-state index contributed by atoms with van der Waals surface area (Å²) in [6.45, 7) is 4.37. The number of aliphatic carboxylic acids is 1. The molecule has 1 aromatic rings. The van der Waals surface area contributed by atoms with Crippen molar-refractivity contribution in [3.63, 3.8) is 0 Å². The lowest BCUT2D eigenvalue weighted by Crippen LogP contribution is -2.61. The lowest BCUT2D eigenvalue weighted by atomic mass is 10.0. The van der Waals surface area contributed by atoms with Gasteiger partial charge in [-0.15, -0.1) is 0 Å². The normalized spacial score (nSPS) is 18.5. The number of aromatic hydroxyl groups is 1. The molecular formula is C65H99N19O22S4. The van der Waals surface area contributed by atoms with Crippen molar-refractivity contribution in [1.82, 2.24) is 78.5 Å². The van der Waals surface area contributed by atoms with Crippen LogP contribution in [0, 0.1) is 5.92 Å². The van der Waals surface area contributed by atoms with Gasteiger partial charge in [-0.3, -0.25) is 91.1 Å². The first kappa shape index (κ1) is 92.7. The number of carboxylic acid groups (broad SMARTS) is 1. The number of phenols is 1. The van der Waals surface area contributed by atoms with Gasteiger partial charge in [-0.05, 0) is 82.4 Å². The Balaban J connectivity index is 1.39. The zero-order valence-corrected chi connectivity index (χ0v) is 64.3. The van der Waals surface area contributed by atoms with E-state index in [0.717, 1.165) is 11.8 Å². The number of likely N-dealkylation sites (tertiary alicyclic amines) is 3. The first-order valence-corrected chi connectivity index (χ1v) is 37.5. The average molecular weight is 1630 g/mol. The number of aliphatic hydroxyl groups excluding tert-OH is 1. The van der Waals surface area contributed by atoms with Gasteiger partial charge in [-0.2, -0.15) is 50.5 Å². The Morgan fingerprint density at radius 3 is 1.30 bits per heavy atom. The number of primary amides is 3. The topological polar surface area (TPSA) is 643 Å². The number of aliphatic hydroxyl groups is 1. The number of carboxylic acids is 1. The molecule has 0 aromatic heterocycles. The number of benzene rings is 1. The van der Waals surface area contributed by atoms with Crippen LogP contribution < -0.4 is 86.7 Å². The minimum absolute atomic E-state index is 0.0314. The van der Waals surface area contributed by atoms with E-state index >= 15 is 0 Å². The van der Waals surface area contributed by atoms with Crippen LogP contribution in [0.3, 0.4) is 0 Å². The molecule has 0 spiro atoms. The lowest BCUT2D eigenvalue weighted by molar-refractivity contribution is -0.148. The largest absolute Gasteiger partial charge is 0.508 e. The number of carbonyl (C=O) groups excluding carboxylic acids is 18. The molecule has 18 amide bonds. The number of nitrogens with one attached hydrogen (secondary N) is 12. The SMILES string of the molecule is CC(C)C[C@@H](NC(=O)[C@@H](CO)NC(=O)[C@@H](CS)NC(=O)[C@@H](CS)NC(=O)CN)C(=O)N1CCC[C@H]1C(=O)N1CCC[C@H]1C(=O)N[C@@H](CS)C(=O)N[C@@H](C)C(=O)N[C@@H](C)C(=O)N[C@@H](CC(N)=O)C(=O)N[C@@H](CC(N)=O)C(=O)N1CCC[C@@H]1C(=O)N[C@@H](CC(=O)O)C(=O)N[C@@H](Cc1ccc(O)cc1)C(=O)N[C@@H](CS)C(N)=O. The van der Waals surface area contributed by atoms with Gasteiger partial charge in [-0.25, -0.2) is 0 Å². The fraction of sp³-hybridized carbons (Fsp3) is 0.615. The van der Waals surface area contributed by atoms with Gasteiger partial charge in [0.2, 0.25) is 106 Å². The Hall–Kier alpha value is -9.73. The molecule has 0 unspecified atom stereocenters. The molecule has 0 aliphatic carbocycles. The molecule has 41 nitrogen and oxygen atoms in total. The Morgan fingerprint density at radius 2 is 0.800 bits per heavy atom. The number of nitrogens with zero attached hydrogens (tertiary/aromatic N) is 3. The fourth-order valence-electron chi connectivity index (χ4n) is 11.9. The van der Waals surface area contributed by atoms with Crippen LogP contribution in [-0.2, 0) is 97.5 Å². The number of hydrogen-bond donors (Lipinski definition) is 23. The second-order valence-corrected chi connectivity index (χ2v) is 28.1. The van der Waals surface area contributed by atoms with E-state index in [4.69, 9.17) is 22.9 Å². The molecule has 3 aliphatic heterocycles. The summed E-state index contributed by atoms with van der Waals surface area (Å²) in [6, 6.07) is -17.1. The number of phenolic OH excluding ortho intramolecular Hbond substituents is 1. The first-order valence-electron chi connectivity index (χ1n) is 35.0. The van der Waals surface area contributed by atoms with E-state index in [1.54, 1.807) is 13.8 Å². The van der Waals surface area contributed by atoms with E-state index in [2.05, 4.69) is 114 Å². The first-order chi connectivity index (χ1) is 51.8. The van der Waals surface area contributed by atoms with Crippen LogP contribution in [0.25, 0.3) is 0 Å². The molecule has 3 fully saturated rings. The standard InChI is InChI=1S/C65H99N19O22S4/c1-29(2)18-37(76-57(98)39(24-85)78-60(101)43(28-110)80-59(100)41(26-108)72-49(89)23-66)63(104)84-17-7-10-46(84)65(106)83-16-6-9-45(83)62(103)81-42(27-109)58(99)71-30(3)52(93)70-31(4)53(94)73-35(20-47(67)87)55(96)77-38(21-48(68)88)64(105)82-15-5-8-44(82)61(102)75-36(22-50(90)91)56(97)74-34(19-32-11-13-33(86)14-12-32)54(95)79-40(25-107)51(69)92/h11-14,29-31,34-46,85-86,107-110H,5-10,15-28,66H2,1-4H3,(H2,67,87)(H2,68,88)(H2,69,92)(H,70,93)(H,71,99)(H,72,89)(H,73,94)(H,74,97)(H,75,102)(H,76,98)(H,77,96)(H,78,101)(H,79,95)(H,80,100)(H,81,103)(H,90,91)/t30-,31-,34-,35-,36-,37+,38-,39+,40-,41+,42-,43+,44+,45-,46-/m0/s1. The van der Waals surface area contributed by atoms with Gasteiger partial charge in [0.25, 0.3) is 0 Å². The van der Waals surface area contributed by atoms with E-state index in [-0.39, 0.29) is 92.8 Å². The molecule has 1 aromatic carbocycles. The van der Waals surface area contributed by atoms with E-state index in [1.165, 1.54) is 41.0 Å². The van der Waals surface area contributed by atoms with E-state index in [1.807, 2.05) is 0 Å². The molecule has 15 atom stereocenters. The molecule has 3 heterocycles. The van der Waals surface area contributed by atoms with Gasteiger partial charge in [0.15, 0.2) is 0 Å². The van der Waals surface area contributed by atoms with Crippen molar-refractivity contribution in [2.75, 3.05) is 55.8 Å². The Labute approximate surface area is 653 Å². The highest BCUT2D eigenvalue weighted by atomic mass is 32.1. The second-order valence-electron chi connectivity index (χ2n) is 26.7. The van der Waals surface area contributed by atoms with Crippen LogP contribution in [-0.4, -0.2) is 289 Å². The molecule has 23 N–H and O–H groups in total. The zero-order chi connectivity index (χ0) is 82.5. The summed E-state index contributed by atoms with van der Waals surface area (Å²) in [7, 11) is 0. The van der Waals surface area contributed by atoms with Crippen LogP contribution >= 0.6 is 50.5 Å². The number of hydrogen-bond acceptors (Lipinski definition) is 26. The van der Waals surface area contributed by atoms with Crippen molar-refractivity contribution >= 4 is 163 Å². The minimum Gasteiger partial charge on any atom is -0.508 e. The van der Waals surface area contributed by atoms with Crippen molar-refractivity contribution in [3.05, 3.63) is 29.8 Å². The Morgan fingerprint density at radius 1 is 0.436 bits per heavy atom. The van der Waals surface area contributed by atoms with Gasteiger partial charge in [-0.1, -0.05) is 26.0 Å². The summed E-state index contributed by atoms with van der Waals surface area (Å²) < 4.78 is 0. The summed E-state index contributed by atoms with van der Waals surface area (Å²) >= 11 is 16.4. The third kappa shape index (κ3) is 28.0. The van der Waals surface area contributed by atoms with Crippen LogP contribution in [0.15, 0.2) is 24.3 Å². The molecule has 0 bridgehead atoms. The van der Waals surface area contributed by atoms with Gasteiger partial charge in [0.05, 0.1) is 32.4 Å². The Kier molecular flexibility index (Phi) is 37.7. The maximum atomic E-state index is 14.5. The van der Waals surface area contributed by atoms with Crippen LogP contribution in [0.1, 0.15) is 97.5 Å². The number of amides is 18. The molecule has 4 rings (SSSR count). The molecule has 0 radical (unpaired) electrons. The highest BCUT2D eigenvalue weighted by Gasteiger charge is 2.46. The molecule has 610 valence electrons. The predicted octanol–water partition coefficient (Wildman–Crippen LogP) is -9.81. The Bertz CT molecular complexity index is 3570. The summed E-state index contributed by atoms with van der Waals surface area (Å²) in [4.78, 5) is 258. The second kappa shape index (κ2) is 44.8. The summed E-state index contributed by atoms with van der Waals surface area (Å²) in [5.74, 6) is -20.8. The van der Waals surface area contributed by atoms with Crippen LogP contribution in [0.5, 0.6) is 5.75 Å². The number of carbonyl (C=O) groups is 19. The molecule has 45 heteroatoms. The zero-order valence-electron chi connectivity index (χ0n) is 60.7. The quantitative estimate of drug-likeness (QED) is 0.0270. The maximum absolute atomic E-state index is 14.5. The maximum Gasteiger partial charge on any atom is 0.305 e. The number of nitrogens with two attached hydrogens (primary N) is 4. The predicted molar refractivity (Wildman–Crippen MR) is 401 cm³/mol. The number of thiol groups is 4. The van der Waals surface area contributed by atoms with Crippen molar-refractivity contribution in [2.24, 2.45) is 28.9 Å². The molecular weight excluding hydrogens is 1530 g/mol. The van der Waals surface area contributed by atoms with Gasteiger partial charge in [0, 0.05) is 49.1 Å². The van der Waals surface area contributed by atoms with Crippen molar-refractivity contribution in [2.45, 2.75) is 189 Å². The monoisotopic (exact) mass is 1630 g/mol. The van der Waals surface area contributed by atoms with Crippen molar-refractivity contribution < 1.29 is 106 Å². The van der Waals surface area contributed by atoms with Crippen molar-refractivity contribution in [3.8, 4) is 5.75 Å². The highest BCUT2D eigenvalue weighted by Crippen LogP contribution is 2.27. The molecule has 3 saturated heterocycles. The average Bonchev–Trinajstić information content (AvgIpc) is 1.65. The lowest BCUT2D eigenvalue weighted by Gasteiger charge is -2.34. The van der Waals surface area contributed by atoms with Crippen LogP contribution in [0.4, 0.5) is 0 Å². The summed E-state index contributed by atoms with van der Waals surface area (Å²) in [5.41, 5.74) is 22.0. The smallest absolute Gasteiger partial charge is 0.305 e. The summed E-state index contributed by atoms with van der Waals surface area (Å²) in [5, 5.41) is 58.2. The van der Waals surface area contributed by atoms with Crippen LogP contribution in [0.2, 0.25) is 0 Å². The minimum atomic E-state index is -1.94. The molecule has 110 heavy (non-hydrogen) atoms. The summed E-state index contributed by atoms with van der Waals surface area (Å²) in [6.07, 6.45) is -2.34. The van der Waals surface area contributed by atoms with E-state index in [9.17, 15) is 106 Å². The van der Waals surface area contributed by atoms with Gasteiger partial charge >= 0.3 is 5.97 Å². The highest BCUT2D eigenvalue weighted by molar-refractivity contribution is 7.80. The van der Waals surface area contributed by atoms with Crippen molar-refractivity contribution in [1.29, 1.82) is 0 Å².